The minimum absolute atomic E-state index is 0.0193. The summed E-state index contributed by atoms with van der Waals surface area (Å²) in [7, 11) is 0. The van der Waals surface area contributed by atoms with Crippen LogP contribution in [0, 0.1) is 0 Å². The number of hydrogen-bond donors (Lipinski definition) is 2. The molecule has 6 nitrogen and oxygen atoms in total. The number of ether oxygens (including phenoxy) is 1. The molecule has 0 aromatic carbocycles. The number of aromatic nitrogens is 3. The van der Waals surface area contributed by atoms with Gasteiger partial charge < -0.3 is 15.8 Å². The average Bonchev–Trinajstić information content (AvgIpc) is 2.12. The van der Waals surface area contributed by atoms with Gasteiger partial charge in [-0.1, -0.05) is 6.92 Å². The van der Waals surface area contributed by atoms with Gasteiger partial charge in [-0.15, -0.1) is 0 Å². The third-order valence-electron chi connectivity index (χ3n) is 1.51. The summed E-state index contributed by atoms with van der Waals surface area (Å²) in [5.74, 6) is 0.624. The zero-order chi connectivity index (χ0) is 11.3. The molecule has 0 spiro atoms. The highest BCUT2D eigenvalue weighted by Gasteiger charge is 2.06. The van der Waals surface area contributed by atoms with Crippen LogP contribution in [0.15, 0.2) is 0 Å². The van der Waals surface area contributed by atoms with Crippen molar-refractivity contribution in [3.8, 4) is 6.01 Å². The van der Waals surface area contributed by atoms with Gasteiger partial charge in [-0.3, -0.25) is 0 Å². The van der Waals surface area contributed by atoms with Crippen molar-refractivity contribution < 1.29 is 4.74 Å². The summed E-state index contributed by atoms with van der Waals surface area (Å²) in [5, 5.41) is 3.03. The summed E-state index contributed by atoms with van der Waals surface area (Å²) in [6.45, 7) is 6.66. The second-order valence-electron chi connectivity index (χ2n) is 3.39. The van der Waals surface area contributed by atoms with Gasteiger partial charge in [-0.05, 0) is 20.3 Å². The van der Waals surface area contributed by atoms with Gasteiger partial charge in [0.25, 0.3) is 0 Å². The van der Waals surface area contributed by atoms with E-state index in [1.165, 1.54) is 0 Å². The molecule has 0 aliphatic heterocycles. The van der Waals surface area contributed by atoms with Crippen LogP contribution < -0.4 is 15.8 Å². The zero-order valence-electron chi connectivity index (χ0n) is 9.32. The highest BCUT2D eigenvalue weighted by molar-refractivity contribution is 5.32. The smallest absolute Gasteiger partial charge is 0.323 e. The second-order valence-corrected chi connectivity index (χ2v) is 3.39. The molecular formula is C9H17N5O. The van der Waals surface area contributed by atoms with E-state index in [1.54, 1.807) is 0 Å². The minimum atomic E-state index is 0.0193. The largest absolute Gasteiger partial charge is 0.461 e. The first-order valence-corrected chi connectivity index (χ1v) is 5.04. The van der Waals surface area contributed by atoms with Crippen LogP contribution in [0.3, 0.4) is 0 Å². The van der Waals surface area contributed by atoms with Crippen molar-refractivity contribution in [2.45, 2.75) is 33.3 Å². The quantitative estimate of drug-likeness (QED) is 0.757. The van der Waals surface area contributed by atoms with E-state index in [-0.39, 0.29) is 18.1 Å². The third-order valence-corrected chi connectivity index (χ3v) is 1.51. The monoisotopic (exact) mass is 211 g/mol. The molecule has 1 aromatic rings. The molecule has 0 aliphatic rings. The fourth-order valence-electron chi connectivity index (χ4n) is 0.951. The molecule has 0 saturated heterocycles. The number of nitrogen functional groups attached to an aromatic ring is 1. The van der Waals surface area contributed by atoms with E-state index in [9.17, 15) is 0 Å². The first-order chi connectivity index (χ1) is 7.11. The Morgan fingerprint density at radius 2 is 2.07 bits per heavy atom. The Labute approximate surface area is 89.3 Å². The van der Waals surface area contributed by atoms with E-state index in [0.717, 1.165) is 13.0 Å². The standard InChI is InChI=1S/C9H17N5O/c1-4-5-11-8-12-7(10)13-9(14-8)15-6(2)3/h6H,4-5H2,1-3H3,(H3,10,11,12,13,14). The lowest BCUT2D eigenvalue weighted by Gasteiger charge is -2.09. The minimum Gasteiger partial charge on any atom is -0.461 e. The third kappa shape index (κ3) is 3.97. The number of anilines is 2. The van der Waals surface area contributed by atoms with Gasteiger partial charge in [0.05, 0.1) is 6.10 Å². The van der Waals surface area contributed by atoms with Crippen LogP contribution in [-0.4, -0.2) is 27.6 Å². The summed E-state index contributed by atoms with van der Waals surface area (Å²) in [4.78, 5) is 11.9. The Morgan fingerprint density at radius 1 is 1.33 bits per heavy atom. The van der Waals surface area contributed by atoms with Crippen molar-refractivity contribution in [3.05, 3.63) is 0 Å². The molecule has 15 heavy (non-hydrogen) atoms. The van der Waals surface area contributed by atoms with E-state index in [0.29, 0.717) is 5.95 Å². The summed E-state index contributed by atoms with van der Waals surface area (Å²) in [6.07, 6.45) is 1.01. The Hall–Kier alpha value is -1.59. The lowest BCUT2D eigenvalue weighted by Crippen LogP contribution is -2.13. The molecule has 0 saturated carbocycles. The predicted octanol–water partition coefficient (Wildman–Crippen LogP) is 1.06. The SMILES string of the molecule is CCCNc1nc(N)nc(OC(C)C)n1. The van der Waals surface area contributed by atoms with E-state index in [2.05, 4.69) is 27.2 Å². The number of nitrogens with two attached hydrogens (primary N) is 1. The van der Waals surface area contributed by atoms with Crippen molar-refractivity contribution in [2.24, 2.45) is 0 Å². The maximum Gasteiger partial charge on any atom is 0.323 e. The van der Waals surface area contributed by atoms with E-state index in [4.69, 9.17) is 10.5 Å². The normalized spacial score (nSPS) is 10.4. The summed E-state index contributed by atoms with van der Waals surface area (Å²) in [6, 6.07) is 0.260. The lowest BCUT2D eigenvalue weighted by molar-refractivity contribution is 0.222. The predicted molar refractivity (Wildman–Crippen MR) is 58.8 cm³/mol. The fraction of sp³-hybridized carbons (Fsp3) is 0.667. The molecule has 0 unspecified atom stereocenters. The molecule has 0 aliphatic carbocycles. The molecular weight excluding hydrogens is 194 g/mol. The zero-order valence-corrected chi connectivity index (χ0v) is 9.32. The number of hydrogen-bond acceptors (Lipinski definition) is 6. The van der Waals surface area contributed by atoms with Crippen LogP contribution >= 0.6 is 0 Å². The first kappa shape index (κ1) is 11.5. The van der Waals surface area contributed by atoms with Gasteiger partial charge in [0.2, 0.25) is 11.9 Å². The molecule has 0 amide bonds. The molecule has 1 rings (SSSR count). The summed E-state index contributed by atoms with van der Waals surface area (Å²) < 4.78 is 5.33. The number of nitrogens with one attached hydrogen (secondary N) is 1. The molecule has 84 valence electrons. The van der Waals surface area contributed by atoms with Gasteiger partial charge in [-0.25, -0.2) is 0 Å². The molecule has 1 heterocycles. The van der Waals surface area contributed by atoms with Crippen LogP contribution in [0.5, 0.6) is 6.01 Å². The van der Waals surface area contributed by atoms with Crippen LogP contribution in [0.1, 0.15) is 27.2 Å². The van der Waals surface area contributed by atoms with Gasteiger partial charge in [0.15, 0.2) is 0 Å². The Kier molecular flexibility index (Phi) is 4.08. The van der Waals surface area contributed by atoms with Crippen molar-refractivity contribution in [1.82, 2.24) is 15.0 Å². The molecule has 1 aromatic heterocycles. The van der Waals surface area contributed by atoms with Crippen LogP contribution in [0.2, 0.25) is 0 Å². The molecule has 0 bridgehead atoms. The van der Waals surface area contributed by atoms with Gasteiger partial charge in [0.1, 0.15) is 0 Å². The molecule has 0 radical (unpaired) electrons. The molecule has 0 atom stereocenters. The number of nitrogens with zero attached hydrogens (tertiary/aromatic N) is 3. The average molecular weight is 211 g/mol. The molecule has 6 heteroatoms. The topological polar surface area (TPSA) is 86.0 Å². The first-order valence-electron chi connectivity index (χ1n) is 5.04. The lowest BCUT2D eigenvalue weighted by atomic mass is 10.5. The number of rotatable bonds is 5. The van der Waals surface area contributed by atoms with Crippen molar-refractivity contribution >= 4 is 11.9 Å². The summed E-state index contributed by atoms with van der Waals surface area (Å²) >= 11 is 0. The Bertz CT molecular complexity index is 315. The van der Waals surface area contributed by atoms with Crippen molar-refractivity contribution in [1.29, 1.82) is 0 Å². The van der Waals surface area contributed by atoms with E-state index >= 15 is 0 Å². The Morgan fingerprint density at radius 3 is 2.67 bits per heavy atom. The maximum absolute atomic E-state index is 5.52. The van der Waals surface area contributed by atoms with Crippen molar-refractivity contribution in [3.63, 3.8) is 0 Å². The fourth-order valence-corrected chi connectivity index (χ4v) is 0.951. The van der Waals surface area contributed by atoms with Gasteiger partial charge in [0, 0.05) is 6.54 Å². The molecule has 3 N–H and O–H groups in total. The maximum atomic E-state index is 5.52. The van der Waals surface area contributed by atoms with Crippen LogP contribution in [0.25, 0.3) is 0 Å². The van der Waals surface area contributed by atoms with Gasteiger partial charge in [-0.2, -0.15) is 15.0 Å². The van der Waals surface area contributed by atoms with Crippen LogP contribution in [-0.2, 0) is 0 Å². The van der Waals surface area contributed by atoms with E-state index < -0.39 is 0 Å². The van der Waals surface area contributed by atoms with E-state index in [1.807, 2.05) is 13.8 Å². The van der Waals surface area contributed by atoms with Crippen LogP contribution in [0.4, 0.5) is 11.9 Å². The molecule has 0 fully saturated rings. The Balaban J connectivity index is 2.75. The second kappa shape index (κ2) is 5.33. The summed E-state index contributed by atoms with van der Waals surface area (Å²) in [5.41, 5.74) is 5.52. The highest BCUT2D eigenvalue weighted by Crippen LogP contribution is 2.10. The highest BCUT2D eigenvalue weighted by atomic mass is 16.5. The van der Waals surface area contributed by atoms with Crippen molar-refractivity contribution in [2.75, 3.05) is 17.6 Å². The van der Waals surface area contributed by atoms with Gasteiger partial charge >= 0.3 is 6.01 Å².